The molecule has 0 aromatic rings. The van der Waals surface area contributed by atoms with E-state index in [1.54, 1.807) is 0 Å². The highest BCUT2D eigenvalue weighted by Gasteiger charge is 2.29. The number of esters is 3. The van der Waals surface area contributed by atoms with Crippen molar-refractivity contribution < 1.29 is 75.8 Å². The first-order valence-corrected chi connectivity index (χ1v) is 39.5. The highest BCUT2D eigenvalue weighted by Crippen LogP contribution is 2.45. The van der Waals surface area contributed by atoms with Gasteiger partial charge < -0.3 is 34.2 Å². The van der Waals surface area contributed by atoms with E-state index in [1.165, 1.54) is 57.8 Å². The maximum Gasteiger partial charge on any atom is 0.472 e. The third-order valence-electron chi connectivity index (χ3n) is 14.8. The Morgan fingerprint density at radius 1 is 0.305 bits per heavy atom. The number of phosphoric ester groups is 2. The Balaban J connectivity index is 4.59. The fourth-order valence-corrected chi connectivity index (χ4v) is 10.9. The molecule has 0 heterocycles. The minimum Gasteiger partial charge on any atom is -0.463 e. The van der Waals surface area contributed by atoms with Crippen LogP contribution in [0.25, 0.3) is 0 Å². The van der Waals surface area contributed by atoms with Crippen molar-refractivity contribution in [2.45, 2.75) is 296 Å². The van der Waals surface area contributed by atoms with Crippen LogP contribution in [0.2, 0.25) is 0 Å². The molecule has 0 saturated carbocycles. The second-order valence-electron chi connectivity index (χ2n) is 24.0. The fourth-order valence-electron chi connectivity index (χ4n) is 9.32. The van der Waals surface area contributed by atoms with Gasteiger partial charge in [-0.15, -0.1) is 0 Å². The quantitative estimate of drug-likeness (QED) is 0.0146. The first-order valence-electron chi connectivity index (χ1n) is 36.5. The Morgan fingerprint density at radius 2 is 0.558 bits per heavy atom. The molecule has 4 N–H and O–H groups in total. The van der Waals surface area contributed by atoms with Gasteiger partial charge in [-0.05, 0) is 135 Å². The lowest BCUT2D eigenvalue weighted by molar-refractivity contribution is -0.161. The zero-order chi connectivity index (χ0) is 69.5. The molecule has 18 heteroatoms. The van der Waals surface area contributed by atoms with Crippen LogP contribution in [-0.2, 0) is 55.8 Å². The summed E-state index contributed by atoms with van der Waals surface area (Å²) in [6.07, 6.45) is 82.1. The lowest BCUT2D eigenvalue weighted by Crippen LogP contribution is -2.30. The summed E-state index contributed by atoms with van der Waals surface area (Å²) in [5.41, 5.74) is 0. The van der Waals surface area contributed by atoms with Gasteiger partial charge in [0.05, 0.1) is 26.4 Å². The summed E-state index contributed by atoms with van der Waals surface area (Å²) in [5, 5.41) is 20.6. The normalized spacial score (nSPS) is 14.9. The number of aliphatic hydroxyl groups excluding tert-OH is 2. The maximum atomic E-state index is 12.9. The van der Waals surface area contributed by atoms with Gasteiger partial charge in [0.2, 0.25) is 0 Å². The molecule has 0 aromatic carbocycles. The standard InChI is InChI=1S/C77H130O16P2/c1-4-7-10-13-16-19-22-25-28-30-31-32-33-34-35-36-37-38-39-41-44-45-48-51-54-57-60-63-75(80)87-66-72(78)67-89-94(83,84)90-68-73(79)69-91-95(85,86)92-71-74(93-77(82)65-62-59-56-53-50-47-42-27-24-21-18-15-12-9-6-3)70-88-76(81)64-61-58-55-52-49-46-43-40-29-26-23-20-17-14-11-8-5-2/h7-8,10-11,16-17,19-20,25-29,31-32,34-35,37-38,42-43,46,72-74,78-79H,4-6,9,12-15,18,21-24,30,33,36,39-41,44-45,47-71H2,1-3H3,(H,83,84)(H,85,86)/b10-7-,11-8-,19-16-,20-17-,28-25-,29-26-,32-31-,35-34-,38-37-,42-27-,46-43-. The monoisotopic (exact) mass is 1370 g/mol. The van der Waals surface area contributed by atoms with E-state index < -0.39 is 91.5 Å². The summed E-state index contributed by atoms with van der Waals surface area (Å²) >= 11 is 0. The van der Waals surface area contributed by atoms with Gasteiger partial charge in [-0.2, -0.15) is 0 Å². The van der Waals surface area contributed by atoms with Gasteiger partial charge in [0, 0.05) is 19.3 Å². The molecule has 544 valence electrons. The minimum atomic E-state index is -4.94. The Kier molecular flexibility index (Phi) is 66.4. The van der Waals surface area contributed by atoms with Crippen LogP contribution in [0.5, 0.6) is 0 Å². The summed E-state index contributed by atoms with van der Waals surface area (Å²) in [6, 6.07) is 0. The van der Waals surface area contributed by atoms with Crippen molar-refractivity contribution in [3.8, 4) is 0 Å². The Morgan fingerprint density at radius 3 is 0.895 bits per heavy atom. The molecule has 0 aromatic heterocycles. The predicted molar refractivity (Wildman–Crippen MR) is 390 cm³/mol. The van der Waals surface area contributed by atoms with E-state index in [2.05, 4.69) is 154 Å². The van der Waals surface area contributed by atoms with E-state index >= 15 is 0 Å². The predicted octanol–water partition coefficient (Wildman–Crippen LogP) is 20.8. The van der Waals surface area contributed by atoms with Crippen LogP contribution in [0.3, 0.4) is 0 Å². The number of phosphoric acid groups is 2. The number of carbonyl (C=O) groups excluding carboxylic acids is 3. The molecule has 0 aliphatic carbocycles. The number of carbonyl (C=O) groups is 3. The lowest BCUT2D eigenvalue weighted by Gasteiger charge is -2.21. The van der Waals surface area contributed by atoms with E-state index in [1.807, 2.05) is 0 Å². The molecule has 0 aliphatic rings. The van der Waals surface area contributed by atoms with Crippen LogP contribution in [0.1, 0.15) is 278 Å². The van der Waals surface area contributed by atoms with Gasteiger partial charge in [0.25, 0.3) is 0 Å². The van der Waals surface area contributed by atoms with Gasteiger partial charge in [0.15, 0.2) is 6.10 Å². The van der Waals surface area contributed by atoms with Crippen molar-refractivity contribution in [1.29, 1.82) is 0 Å². The summed E-state index contributed by atoms with van der Waals surface area (Å²) in [6.45, 7) is 2.39. The molecular weight excluding hydrogens is 1240 g/mol. The highest BCUT2D eigenvalue weighted by molar-refractivity contribution is 7.47. The van der Waals surface area contributed by atoms with Crippen molar-refractivity contribution in [2.75, 3.05) is 39.6 Å². The van der Waals surface area contributed by atoms with Crippen molar-refractivity contribution in [2.24, 2.45) is 0 Å². The average Bonchev–Trinajstić information content (AvgIpc) is 2.05. The number of allylic oxidation sites excluding steroid dienone is 22. The first-order chi connectivity index (χ1) is 46.2. The molecule has 0 spiro atoms. The molecule has 5 atom stereocenters. The Bertz CT molecular complexity index is 2260. The van der Waals surface area contributed by atoms with Crippen LogP contribution >= 0.6 is 15.6 Å². The van der Waals surface area contributed by atoms with E-state index in [9.17, 15) is 43.5 Å². The Hall–Kier alpha value is -4.31. The van der Waals surface area contributed by atoms with Crippen LogP contribution in [-0.4, -0.2) is 95.9 Å². The zero-order valence-electron chi connectivity index (χ0n) is 59.0. The van der Waals surface area contributed by atoms with Crippen LogP contribution < -0.4 is 0 Å². The summed E-state index contributed by atoms with van der Waals surface area (Å²) in [4.78, 5) is 58.5. The second kappa shape index (κ2) is 69.6. The van der Waals surface area contributed by atoms with Crippen LogP contribution in [0.15, 0.2) is 134 Å². The lowest BCUT2D eigenvalue weighted by atomic mass is 10.1. The Labute approximate surface area is 575 Å². The van der Waals surface area contributed by atoms with Gasteiger partial charge in [0.1, 0.15) is 25.4 Å². The largest absolute Gasteiger partial charge is 0.472 e. The number of rotatable bonds is 68. The summed E-state index contributed by atoms with van der Waals surface area (Å²) < 4.78 is 61.0. The van der Waals surface area contributed by atoms with Gasteiger partial charge >= 0.3 is 33.6 Å². The second-order valence-corrected chi connectivity index (χ2v) is 26.9. The molecule has 0 bridgehead atoms. The van der Waals surface area contributed by atoms with Crippen molar-refractivity contribution >= 4 is 33.6 Å². The number of unbranched alkanes of at least 4 members (excludes halogenated alkanes) is 23. The van der Waals surface area contributed by atoms with Gasteiger partial charge in [-0.25, -0.2) is 9.13 Å². The number of hydrogen-bond donors (Lipinski definition) is 4. The van der Waals surface area contributed by atoms with Crippen LogP contribution in [0.4, 0.5) is 0 Å². The molecular formula is C77H130O16P2. The van der Waals surface area contributed by atoms with Crippen molar-refractivity contribution in [1.82, 2.24) is 0 Å². The molecule has 16 nitrogen and oxygen atoms in total. The van der Waals surface area contributed by atoms with E-state index in [4.69, 9.17) is 32.3 Å². The van der Waals surface area contributed by atoms with Gasteiger partial charge in [-0.3, -0.25) is 32.5 Å². The highest BCUT2D eigenvalue weighted by atomic mass is 31.2. The summed E-state index contributed by atoms with van der Waals surface area (Å²) in [5.74, 6) is -1.62. The van der Waals surface area contributed by atoms with E-state index in [-0.39, 0.29) is 19.3 Å². The van der Waals surface area contributed by atoms with E-state index in [0.29, 0.717) is 19.3 Å². The third kappa shape index (κ3) is 70.8. The molecule has 0 aliphatic heterocycles. The first kappa shape index (κ1) is 90.7. The van der Waals surface area contributed by atoms with Crippen molar-refractivity contribution in [3.63, 3.8) is 0 Å². The number of hydrogen-bond acceptors (Lipinski definition) is 14. The van der Waals surface area contributed by atoms with E-state index in [0.717, 1.165) is 161 Å². The zero-order valence-corrected chi connectivity index (χ0v) is 60.8. The molecule has 5 unspecified atom stereocenters. The molecule has 0 rings (SSSR count). The third-order valence-corrected chi connectivity index (χ3v) is 16.7. The summed E-state index contributed by atoms with van der Waals surface area (Å²) in [7, 11) is -9.80. The molecule has 0 saturated heterocycles. The molecule has 0 amide bonds. The maximum absolute atomic E-state index is 12.9. The fraction of sp³-hybridized carbons (Fsp3) is 0.675. The minimum absolute atomic E-state index is 0.0865. The average molecular weight is 1370 g/mol. The smallest absolute Gasteiger partial charge is 0.463 e. The SMILES string of the molecule is CC/C=C\C/C=C\C/C=C\C/C=C\C/C=C\C/C=C\CCCCCCCCCCC(=O)OCC(O)COP(=O)(O)OCC(O)COP(=O)(O)OCC(COC(=O)CCCCCC/C=C\C/C=C\C/C=C\C/C=C\CC)OC(=O)CCCCCCC/C=C\CCCCCCCC. The number of aliphatic hydroxyl groups is 2. The van der Waals surface area contributed by atoms with Crippen LogP contribution in [0, 0.1) is 0 Å². The van der Waals surface area contributed by atoms with Gasteiger partial charge in [-0.1, -0.05) is 257 Å². The van der Waals surface area contributed by atoms with Crippen molar-refractivity contribution in [3.05, 3.63) is 134 Å². The molecule has 0 radical (unpaired) electrons. The topological polar surface area (TPSA) is 231 Å². The molecule has 95 heavy (non-hydrogen) atoms. The molecule has 0 fully saturated rings. The number of ether oxygens (including phenoxy) is 3.